The Balaban J connectivity index is 1.96. The summed E-state index contributed by atoms with van der Waals surface area (Å²) in [6.45, 7) is 5.82. The number of likely N-dealkylation sites (N-methyl/N-ethyl adjacent to an activating group) is 1. The lowest BCUT2D eigenvalue weighted by molar-refractivity contribution is 0.126. The van der Waals surface area contributed by atoms with Crippen LogP contribution in [-0.2, 0) is 7.05 Å². The summed E-state index contributed by atoms with van der Waals surface area (Å²) in [6.07, 6.45) is 6.17. The molecule has 0 aromatic carbocycles. The van der Waals surface area contributed by atoms with Crippen molar-refractivity contribution in [3.63, 3.8) is 0 Å². The molecule has 2 amide bonds. The predicted octanol–water partition coefficient (Wildman–Crippen LogP) is 1.85. The molecule has 6 heteroatoms. The van der Waals surface area contributed by atoms with Crippen molar-refractivity contribution in [2.45, 2.75) is 38.8 Å². The highest BCUT2D eigenvalue weighted by Gasteiger charge is 2.28. The van der Waals surface area contributed by atoms with Gasteiger partial charge >= 0.3 is 6.03 Å². The fourth-order valence-corrected chi connectivity index (χ4v) is 3.12. The molecule has 1 fully saturated rings. The van der Waals surface area contributed by atoms with E-state index in [2.05, 4.69) is 29.2 Å². The first-order chi connectivity index (χ1) is 10.4. The minimum atomic E-state index is 0.0507. The van der Waals surface area contributed by atoms with E-state index < -0.39 is 0 Å². The minimum Gasteiger partial charge on any atom is -0.336 e. The van der Waals surface area contributed by atoms with E-state index in [1.807, 2.05) is 38.4 Å². The number of aromatic nitrogens is 2. The fourth-order valence-electron chi connectivity index (χ4n) is 3.12. The molecule has 1 aromatic rings. The molecule has 3 atom stereocenters. The van der Waals surface area contributed by atoms with Crippen molar-refractivity contribution in [2.75, 3.05) is 27.2 Å². The molecule has 1 aliphatic heterocycles. The summed E-state index contributed by atoms with van der Waals surface area (Å²) in [5.41, 5.74) is 1.12. The summed E-state index contributed by atoms with van der Waals surface area (Å²) in [5.74, 6) is 0.572. The van der Waals surface area contributed by atoms with Crippen LogP contribution >= 0.6 is 0 Å². The van der Waals surface area contributed by atoms with Crippen LogP contribution in [0.1, 0.15) is 38.3 Å². The number of hydrogen-bond acceptors (Lipinski definition) is 3. The number of likely N-dealkylation sites (tertiary alicyclic amines) is 1. The van der Waals surface area contributed by atoms with Gasteiger partial charge in [0.05, 0.1) is 12.2 Å². The van der Waals surface area contributed by atoms with Gasteiger partial charge in [0.15, 0.2) is 0 Å². The molecule has 0 bridgehead atoms. The maximum atomic E-state index is 12.5. The number of aryl methyl sites for hydroxylation is 1. The van der Waals surface area contributed by atoms with Gasteiger partial charge in [-0.25, -0.2) is 4.79 Å². The van der Waals surface area contributed by atoms with Crippen LogP contribution in [0.2, 0.25) is 0 Å². The fraction of sp³-hybridized carbons (Fsp3) is 0.750. The number of amides is 2. The zero-order valence-electron chi connectivity index (χ0n) is 14.4. The molecule has 0 saturated carbocycles. The van der Waals surface area contributed by atoms with Crippen LogP contribution in [0.5, 0.6) is 0 Å². The largest absolute Gasteiger partial charge is 0.336 e. The second-order valence-corrected chi connectivity index (χ2v) is 6.67. The van der Waals surface area contributed by atoms with E-state index in [1.54, 1.807) is 4.68 Å². The van der Waals surface area contributed by atoms with E-state index in [-0.39, 0.29) is 12.1 Å². The summed E-state index contributed by atoms with van der Waals surface area (Å²) in [7, 11) is 5.95. The summed E-state index contributed by atoms with van der Waals surface area (Å²) >= 11 is 0. The topological polar surface area (TPSA) is 53.4 Å². The quantitative estimate of drug-likeness (QED) is 0.923. The summed E-state index contributed by atoms with van der Waals surface area (Å²) in [4.78, 5) is 16.6. The number of nitrogens with one attached hydrogen (secondary N) is 1. The molecular weight excluding hydrogens is 278 g/mol. The number of hydrogen-bond donors (Lipinski definition) is 1. The maximum Gasteiger partial charge on any atom is 0.317 e. The Morgan fingerprint density at radius 3 is 2.82 bits per heavy atom. The lowest BCUT2D eigenvalue weighted by Crippen LogP contribution is -2.51. The Morgan fingerprint density at radius 2 is 2.23 bits per heavy atom. The summed E-state index contributed by atoms with van der Waals surface area (Å²) < 4.78 is 1.79. The van der Waals surface area contributed by atoms with Gasteiger partial charge in [-0.2, -0.15) is 5.10 Å². The third kappa shape index (κ3) is 3.80. The van der Waals surface area contributed by atoms with Crippen molar-refractivity contribution in [3.8, 4) is 0 Å². The third-order valence-corrected chi connectivity index (χ3v) is 4.81. The predicted molar refractivity (Wildman–Crippen MR) is 87.6 cm³/mol. The molecule has 1 aromatic heterocycles. The normalized spacial score (nSPS) is 23.6. The molecule has 0 spiro atoms. The Bertz CT molecular complexity index is 498. The highest BCUT2D eigenvalue weighted by molar-refractivity contribution is 5.74. The van der Waals surface area contributed by atoms with Crippen molar-refractivity contribution >= 4 is 6.03 Å². The van der Waals surface area contributed by atoms with Crippen molar-refractivity contribution < 1.29 is 4.79 Å². The van der Waals surface area contributed by atoms with Crippen molar-refractivity contribution in [2.24, 2.45) is 13.0 Å². The van der Waals surface area contributed by atoms with E-state index in [9.17, 15) is 4.79 Å². The molecular formula is C16H29N5O. The Kier molecular flexibility index (Phi) is 5.45. The number of carbonyl (C=O) groups is 1. The van der Waals surface area contributed by atoms with Gasteiger partial charge in [0.25, 0.3) is 0 Å². The zero-order chi connectivity index (χ0) is 16.3. The minimum absolute atomic E-state index is 0.0507. The van der Waals surface area contributed by atoms with Crippen LogP contribution < -0.4 is 5.32 Å². The Labute approximate surface area is 133 Å². The van der Waals surface area contributed by atoms with Crippen LogP contribution in [0.25, 0.3) is 0 Å². The first-order valence-corrected chi connectivity index (χ1v) is 8.09. The average molecular weight is 307 g/mol. The standard InChI is InChI=1S/C16H29N5O/c1-12-7-6-8-21(13(12)2)16(22)17-10-15(19(3)4)14-9-18-20(5)11-14/h9,11-13,15H,6-8,10H2,1-5H3,(H,17,22)/t12-,13+,15-/m1/s1. The van der Waals surface area contributed by atoms with Gasteiger partial charge in [-0.1, -0.05) is 6.92 Å². The monoisotopic (exact) mass is 307 g/mol. The van der Waals surface area contributed by atoms with E-state index in [0.717, 1.165) is 18.5 Å². The first kappa shape index (κ1) is 16.8. The number of rotatable bonds is 4. The molecule has 2 heterocycles. The molecule has 124 valence electrons. The van der Waals surface area contributed by atoms with Gasteiger partial charge in [-0.05, 0) is 39.8 Å². The molecule has 2 rings (SSSR count). The second kappa shape index (κ2) is 7.13. The lowest BCUT2D eigenvalue weighted by Gasteiger charge is -2.38. The third-order valence-electron chi connectivity index (χ3n) is 4.81. The second-order valence-electron chi connectivity index (χ2n) is 6.67. The van der Waals surface area contributed by atoms with Gasteiger partial charge in [0.1, 0.15) is 0 Å². The van der Waals surface area contributed by atoms with E-state index >= 15 is 0 Å². The first-order valence-electron chi connectivity index (χ1n) is 8.09. The van der Waals surface area contributed by atoms with Crippen molar-refractivity contribution in [1.82, 2.24) is 24.9 Å². The van der Waals surface area contributed by atoms with Crippen LogP contribution in [0, 0.1) is 5.92 Å². The zero-order valence-corrected chi connectivity index (χ0v) is 14.4. The summed E-state index contributed by atoms with van der Waals surface area (Å²) in [6, 6.07) is 0.495. The molecule has 1 N–H and O–H groups in total. The molecule has 0 radical (unpaired) electrons. The SMILES string of the molecule is C[C@@H]1CCCN(C(=O)NC[C@H](c2cnn(C)c2)N(C)C)[C@H]1C. The maximum absolute atomic E-state index is 12.5. The van der Waals surface area contributed by atoms with Gasteiger partial charge < -0.3 is 15.1 Å². The number of nitrogens with zero attached hydrogens (tertiary/aromatic N) is 4. The van der Waals surface area contributed by atoms with Crippen molar-refractivity contribution in [3.05, 3.63) is 18.0 Å². The van der Waals surface area contributed by atoms with Gasteiger partial charge in [0.2, 0.25) is 0 Å². The highest BCUT2D eigenvalue weighted by Crippen LogP contribution is 2.23. The lowest BCUT2D eigenvalue weighted by atomic mass is 9.92. The van der Waals surface area contributed by atoms with Crippen LogP contribution in [-0.4, -0.2) is 58.8 Å². The van der Waals surface area contributed by atoms with E-state index in [0.29, 0.717) is 18.5 Å². The molecule has 1 saturated heterocycles. The van der Waals surface area contributed by atoms with Gasteiger partial charge in [-0.15, -0.1) is 0 Å². The molecule has 0 aliphatic carbocycles. The summed E-state index contributed by atoms with van der Waals surface area (Å²) in [5, 5.41) is 7.33. The molecule has 22 heavy (non-hydrogen) atoms. The van der Waals surface area contributed by atoms with Crippen molar-refractivity contribution in [1.29, 1.82) is 0 Å². The highest BCUT2D eigenvalue weighted by atomic mass is 16.2. The number of urea groups is 1. The van der Waals surface area contributed by atoms with E-state index in [1.165, 1.54) is 6.42 Å². The van der Waals surface area contributed by atoms with Gasteiger partial charge in [0, 0.05) is 37.9 Å². The van der Waals surface area contributed by atoms with Crippen LogP contribution in [0.4, 0.5) is 4.79 Å². The smallest absolute Gasteiger partial charge is 0.317 e. The number of piperidine rings is 1. The average Bonchev–Trinajstić information content (AvgIpc) is 2.88. The number of carbonyl (C=O) groups excluding carboxylic acids is 1. The van der Waals surface area contributed by atoms with Crippen LogP contribution in [0.15, 0.2) is 12.4 Å². The molecule has 6 nitrogen and oxygen atoms in total. The molecule has 0 unspecified atom stereocenters. The molecule has 1 aliphatic rings. The van der Waals surface area contributed by atoms with Crippen LogP contribution in [0.3, 0.4) is 0 Å². The Morgan fingerprint density at radius 1 is 1.50 bits per heavy atom. The Hall–Kier alpha value is -1.56. The van der Waals surface area contributed by atoms with E-state index in [4.69, 9.17) is 0 Å². The van der Waals surface area contributed by atoms with Gasteiger partial charge in [-0.3, -0.25) is 4.68 Å².